The molecule has 6 heteroatoms. The summed E-state index contributed by atoms with van der Waals surface area (Å²) in [7, 11) is 0. The Morgan fingerprint density at radius 1 is 1.41 bits per heavy atom. The van der Waals surface area contributed by atoms with Gasteiger partial charge in [0.15, 0.2) is 0 Å². The van der Waals surface area contributed by atoms with Crippen molar-refractivity contribution >= 4 is 34.6 Å². The zero-order valence-corrected chi connectivity index (χ0v) is 17.6. The summed E-state index contributed by atoms with van der Waals surface area (Å²) in [5.41, 5.74) is 4.09. The molecule has 1 N–H and O–H groups in total. The van der Waals surface area contributed by atoms with Crippen molar-refractivity contribution in [2.45, 2.75) is 32.8 Å². The lowest BCUT2D eigenvalue weighted by molar-refractivity contribution is -0.117. The number of benzene rings is 1. The van der Waals surface area contributed by atoms with Crippen molar-refractivity contribution in [3.8, 4) is 11.8 Å². The topological polar surface area (TPSA) is 67.1 Å². The number of rotatable bonds is 5. The van der Waals surface area contributed by atoms with E-state index >= 15 is 0 Å². The molecule has 1 aromatic heterocycles. The van der Waals surface area contributed by atoms with E-state index in [9.17, 15) is 10.1 Å². The predicted molar refractivity (Wildman–Crippen MR) is 114 cm³/mol. The van der Waals surface area contributed by atoms with E-state index in [-0.39, 0.29) is 17.6 Å². The Morgan fingerprint density at radius 2 is 2.15 bits per heavy atom. The number of halogens is 1. The largest absolute Gasteiger partial charge is 0.376 e. The maximum atomic E-state index is 12.4. The normalized spacial score (nSPS) is 17.0. The van der Waals surface area contributed by atoms with Crippen LogP contribution in [-0.2, 0) is 9.53 Å². The van der Waals surface area contributed by atoms with Crippen LogP contribution in [0.25, 0.3) is 11.8 Å². The Balaban J connectivity index is 1.82. The first-order chi connectivity index (χ1) is 13.0. The number of nitrogens with one attached hydrogen (secondary N) is 1. The van der Waals surface area contributed by atoms with Gasteiger partial charge in [-0.1, -0.05) is 0 Å². The number of carbonyl (C=O) groups excluding carboxylic acids is 1. The van der Waals surface area contributed by atoms with E-state index in [1.165, 1.54) is 3.57 Å². The molecule has 1 fully saturated rings. The average molecular weight is 475 g/mol. The van der Waals surface area contributed by atoms with E-state index in [2.05, 4.69) is 56.7 Å². The Hall–Kier alpha value is -2.11. The van der Waals surface area contributed by atoms with E-state index in [0.717, 1.165) is 42.1 Å². The van der Waals surface area contributed by atoms with Crippen LogP contribution >= 0.6 is 22.6 Å². The smallest absolute Gasteiger partial charge is 0.262 e. The third-order valence-electron chi connectivity index (χ3n) is 4.73. The van der Waals surface area contributed by atoms with Crippen molar-refractivity contribution < 1.29 is 9.53 Å². The molecule has 1 amide bonds. The maximum absolute atomic E-state index is 12.4. The fourth-order valence-electron chi connectivity index (χ4n) is 3.33. The van der Waals surface area contributed by atoms with Crippen LogP contribution in [0.15, 0.2) is 35.9 Å². The Morgan fingerprint density at radius 3 is 2.78 bits per heavy atom. The number of aromatic nitrogens is 1. The molecule has 0 saturated carbocycles. The van der Waals surface area contributed by atoms with Crippen LogP contribution < -0.4 is 5.32 Å². The molecule has 1 aliphatic heterocycles. The van der Waals surface area contributed by atoms with Gasteiger partial charge in [-0.25, -0.2) is 0 Å². The lowest BCUT2D eigenvalue weighted by Gasteiger charge is -2.10. The Kier molecular flexibility index (Phi) is 6.34. The van der Waals surface area contributed by atoms with Gasteiger partial charge in [0.25, 0.3) is 5.91 Å². The van der Waals surface area contributed by atoms with Crippen LogP contribution in [0, 0.1) is 28.7 Å². The lowest BCUT2D eigenvalue weighted by atomic mass is 10.1. The average Bonchev–Trinajstić information content (AvgIpc) is 3.27. The van der Waals surface area contributed by atoms with Crippen molar-refractivity contribution in [2.24, 2.45) is 0 Å². The van der Waals surface area contributed by atoms with E-state index < -0.39 is 0 Å². The van der Waals surface area contributed by atoms with Gasteiger partial charge in [0, 0.05) is 33.8 Å². The molecule has 1 aromatic carbocycles. The SMILES string of the molecule is Cc1cc(C=C(C#N)C(=O)NCC2CCCO2)c(C)n1-c1ccc(I)cc1. The summed E-state index contributed by atoms with van der Waals surface area (Å²) in [6, 6.07) is 12.3. The minimum Gasteiger partial charge on any atom is -0.376 e. The van der Waals surface area contributed by atoms with E-state index in [4.69, 9.17) is 4.74 Å². The zero-order chi connectivity index (χ0) is 19.4. The van der Waals surface area contributed by atoms with Crippen LogP contribution in [0.1, 0.15) is 29.8 Å². The lowest BCUT2D eigenvalue weighted by Crippen LogP contribution is -2.32. The van der Waals surface area contributed by atoms with Crippen molar-refractivity contribution in [3.63, 3.8) is 0 Å². The van der Waals surface area contributed by atoms with Crippen LogP contribution in [0.2, 0.25) is 0 Å². The molecule has 2 heterocycles. The number of hydrogen-bond acceptors (Lipinski definition) is 3. The molecule has 1 unspecified atom stereocenters. The number of carbonyl (C=O) groups is 1. The molecule has 27 heavy (non-hydrogen) atoms. The first-order valence-electron chi connectivity index (χ1n) is 8.96. The van der Waals surface area contributed by atoms with Crippen molar-refractivity contribution in [1.29, 1.82) is 5.26 Å². The third kappa shape index (κ3) is 4.60. The number of aryl methyl sites for hydroxylation is 1. The van der Waals surface area contributed by atoms with E-state index in [1.807, 2.05) is 26.0 Å². The number of hydrogen-bond donors (Lipinski definition) is 1. The summed E-state index contributed by atoms with van der Waals surface area (Å²) < 4.78 is 8.81. The molecule has 2 aromatic rings. The number of nitriles is 1. The fourth-order valence-corrected chi connectivity index (χ4v) is 3.69. The molecule has 3 rings (SSSR count). The van der Waals surface area contributed by atoms with E-state index in [1.54, 1.807) is 6.08 Å². The van der Waals surface area contributed by atoms with Gasteiger partial charge < -0.3 is 14.6 Å². The molecule has 0 radical (unpaired) electrons. The number of ether oxygens (including phenoxy) is 1. The molecular weight excluding hydrogens is 453 g/mol. The first-order valence-corrected chi connectivity index (χ1v) is 10.0. The Labute approximate surface area is 173 Å². The zero-order valence-electron chi connectivity index (χ0n) is 15.5. The summed E-state index contributed by atoms with van der Waals surface area (Å²) in [5, 5.41) is 12.3. The van der Waals surface area contributed by atoms with E-state index in [0.29, 0.717) is 6.54 Å². The van der Waals surface area contributed by atoms with Gasteiger partial charge in [0.2, 0.25) is 0 Å². The number of amides is 1. The van der Waals surface area contributed by atoms with Crippen molar-refractivity contribution in [3.05, 3.63) is 56.4 Å². The van der Waals surface area contributed by atoms with Gasteiger partial charge in [-0.2, -0.15) is 5.26 Å². The van der Waals surface area contributed by atoms with Gasteiger partial charge in [-0.3, -0.25) is 4.79 Å². The highest BCUT2D eigenvalue weighted by molar-refractivity contribution is 14.1. The van der Waals surface area contributed by atoms with Crippen LogP contribution in [0.3, 0.4) is 0 Å². The fraction of sp³-hybridized carbons (Fsp3) is 0.333. The second-order valence-electron chi connectivity index (χ2n) is 6.65. The van der Waals surface area contributed by atoms with Crippen molar-refractivity contribution in [1.82, 2.24) is 9.88 Å². The molecule has 0 spiro atoms. The third-order valence-corrected chi connectivity index (χ3v) is 5.45. The minimum atomic E-state index is -0.355. The second kappa shape index (κ2) is 8.72. The monoisotopic (exact) mass is 475 g/mol. The molecule has 1 atom stereocenters. The maximum Gasteiger partial charge on any atom is 0.262 e. The van der Waals surface area contributed by atoms with Gasteiger partial charge in [-0.15, -0.1) is 0 Å². The summed E-state index contributed by atoms with van der Waals surface area (Å²) in [4.78, 5) is 12.4. The molecule has 5 nitrogen and oxygen atoms in total. The van der Waals surface area contributed by atoms with Crippen LogP contribution in [0.4, 0.5) is 0 Å². The minimum absolute atomic E-state index is 0.0554. The summed E-state index contributed by atoms with van der Waals surface area (Å²) in [6.45, 7) is 5.20. The molecule has 0 aliphatic carbocycles. The summed E-state index contributed by atoms with van der Waals surface area (Å²) in [6.07, 6.45) is 3.69. The van der Waals surface area contributed by atoms with Gasteiger partial charge in [0.05, 0.1) is 6.10 Å². The highest BCUT2D eigenvalue weighted by atomic mass is 127. The Bertz CT molecular complexity index is 901. The van der Waals surface area contributed by atoms with Gasteiger partial charge in [0.1, 0.15) is 11.6 Å². The van der Waals surface area contributed by atoms with Crippen LogP contribution in [0.5, 0.6) is 0 Å². The highest BCUT2D eigenvalue weighted by Crippen LogP contribution is 2.23. The van der Waals surface area contributed by atoms with Crippen LogP contribution in [-0.4, -0.2) is 29.7 Å². The molecule has 140 valence electrons. The summed E-state index contributed by atoms with van der Waals surface area (Å²) >= 11 is 2.28. The molecule has 1 aliphatic rings. The van der Waals surface area contributed by atoms with Gasteiger partial charge >= 0.3 is 0 Å². The standard InChI is InChI=1S/C21H22IN3O2/c1-14-10-16(15(2)25(14)19-7-5-18(22)6-8-19)11-17(12-23)21(26)24-13-20-4-3-9-27-20/h5-8,10-11,20H,3-4,9,13H2,1-2H3,(H,24,26). The number of nitrogens with zero attached hydrogens (tertiary/aromatic N) is 2. The first kappa shape index (κ1) is 19.6. The van der Waals surface area contributed by atoms with Gasteiger partial charge in [-0.05, 0) is 91.3 Å². The quantitative estimate of drug-likeness (QED) is 0.405. The predicted octanol–water partition coefficient (Wildman–Crippen LogP) is 3.90. The highest BCUT2D eigenvalue weighted by Gasteiger charge is 2.18. The van der Waals surface area contributed by atoms with Crippen molar-refractivity contribution in [2.75, 3.05) is 13.2 Å². The molecule has 0 bridgehead atoms. The molecular formula is C21H22IN3O2. The molecule has 1 saturated heterocycles. The second-order valence-corrected chi connectivity index (χ2v) is 7.90. The summed E-state index contributed by atoms with van der Waals surface area (Å²) in [5.74, 6) is -0.355.